The number of halogens is 3. The molecule has 31 heavy (non-hydrogen) atoms. The van der Waals surface area contributed by atoms with Gasteiger partial charge in [-0.25, -0.2) is 0 Å². The maximum Gasteiger partial charge on any atom is 0.417 e. The molecule has 6 heteroatoms. The fourth-order valence-corrected chi connectivity index (χ4v) is 4.71. The second-order valence-corrected chi connectivity index (χ2v) is 8.70. The number of alkyl halides is 3. The number of benzene rings is 3. The van der Waals surface area contributed by atoms with E-state index in [-0.39, 0.29) is 0 Å². The van der Waals surface area contributed by atoms with Crippen LogP contribution in [0.25, 0.3) is 0 Å². The van der Waals surface area contributed by atoms with E-state index < -0.39 is 11.7 Å². The van der Waals surface area contributed by atoms with Crippen molar-refractivity contribution < 1.29 is 13.2 Å². The van der Waals surface area contributed by atoms with Gasteiger partial charge in [0.1, 0.15) is 0 Å². The molecule has 1 saturated carbocycles. The van der Waals surface area contributed by atoms with Gasteiger partial charge in [0.2, 0.25) is 0 Å². The van der Waals surface area contributed by atoms with E-state index in [9.17, 15) is 13.2 Å². The van der Waals surface area contributed by atoms with Crippen molar-refractivity contribution in [3.05, 3.63) is 95.1 Å². The van der Waals surface area contributed by atoms with Crippen LogP contribution in [0.1, 0.15) is 35.1 Å². The van der Waals surface area contributed by atoms with Gasteiger partial charge in [0.05, 0.1) is 17.0 Å². The van der Waals surface area contributed by atoms with E-state index in [2.05, 4.69) is 10.5 Å². The topological polar surface area (TPSA) is 24.4 Å². The minimum Gasteiger partial charge on any atom is -0.278 e. The normalized spacial score (nSPS) is 13.7. The predicted molar refractivity (Wildman–Crippen MR) is 122 cm³/mol. The molecule has 3 aromatic rings. The molecular weight excluding hydrogens is 417 g/mol. The van der Waals surface area contributed by atoms with Crippen LogP contribution in [0.15, 0.2) is 82.8 Å². The molecule has 3 aromatic carbocycles. The van der Waals surface area contributed by atoms with Gasteiger partial charge in [0.25, 0.3) is 0 Å². The van der Waals surface area contributed by atoms with Crippen LogP contribution in [-0.2, 0) is 6.18 Å². The molecule has 2 nitrogen and oxygen atoms in total. The number of hydrazone groups is 1. The summed E-state index contributed by atoms with van der Waals surface area (Å²) in [4.78, 5) is 0.292. The largest absolute Gasteiger partial charge is 0.417 e. The van der Waals surface area contributed by atoms with Crippen molar-refractivity contribution in [1.82, 2.24) is 0 Å². The Labute approximate surface area is 184 Å². The first-order chi connectivity index (χ1) is 14.9. The van der Waals surface area contributed by atoms with Gasteiger partial charge in [-0.2, -0.15) is 18.3 Å². The number of nitrogens with one attached hydrogen (secondary N) is 1. The third-order valence-electron chi connectivity index (χ3n) is 5.25. The standard InChI is InChI=1S/C25H23F3N2S/c1-17-22(15-14-21(25(26,27)28)24(17)31-16-18-12-13-18)29-30-23(19-8-4-2-5-9-19)20-10-6-3-7-11-20/h2-11,14-15,18,29H,12-13,16H2,1H3. The fourth-order valence-electron chi connectivity index (χ4n) is 3.31. The minimum atomic E-state index is -4.38. The van der Waals surface area contributed by atoms with E-state index in [1.54, 1.807) is 6.92 Å². The Morgan fingerprint density at radius 2 is 1.52 bits per heavy atom. The number of hydrogen-bond acceptors (Lipinski definition) is 3. The Bertz CT molecular complexity index is 1020. The maximum absolute atomic E-state index is 13.6. The van der Waals surface area contributed by atoms with E-state index in [4.69, 9.17) is 0 Å². The molecule has 0 atom stereocenters. The van der Waals surface area contributed by atoms with Gasteiger partial charge in [-0.15, -0.1) is 11.8 Å². The molecule has 1 aliphatic carbocycles. The van der Waals surface area contributed by atoms with E-state index in [0.717, 1.165) is 41.5 Å². The van der Waals surface area contributed by atoms with Crippen LogP contribution < -0.4 is 5.43 Å². The zero-order chi connectivity index (χ0) is 21.8. The predicted octanol–water partition coefficient (Wildman–Crippen LogP) is 7.38. The molecule has 0 heterocycles. The third kappa shape index (κ3) is 5.31. The summed E-state index contributed by atoms with van der Waals surface area (Å²) in [5.41, 5.74) is 6.20. The zero-order valence-corrected chi connectivity index (χ0v) is 17.9. The van der Waals surface area contributed by atoms with E-state index in [1.165, 1.54) is 17.8 Å². The van der Waals surface area contributed by atoms with Crippen LogP contribution >= 0.6 is 11.8 Å². The first-order valence-corrected chi connectivity index (χ1v) is 11.2. The molecule has 1 N–H and O–H groups in total. The Morgan fingerprint density at radius 1 is 0.935 bits per heavy atom. The van der Waals surface area contributed by atoms with Gasteiger partial charge in [-0.05, 0) is 43.4 Å². The minimum absolute atomic E-state index is 0.292. The lowest BCUT2D eigenvalue weighted by atomic mass is 10.0. The summed E-state index contributed by atoms with van der Waals surface area (Å²) in [5.74, 6) is 1.25. The summed E-state index contributed by atoms with van der Waals surface area (Å²) in [6.45, 7) is 1.73. The third-order valence-corrected chi connectivity index (χ3v) is 6.71. The highest BCUT2D eigenvalue weighted by atomic mass is 32.2. The van der Waals surface area contributed by atoms with Crippen molar-refractivity contribution >= 4 is 23.2 Å². The first-order valence-electron chi connectivity index (χ1n) is 10.2. The molecule has 0 spiro atoms. The first kappa shape index (κ1) is 21.5. The molecule has 0 aromatic heterocycles. The van der Waals surface area contributed by atoms with Crippen molar-refractivity contribution in [2.75, 3.05) is 11.2 Å². The molecule has 0 bridgehead atoms. The van der Waals surface area contributed by atoms with Crippen LogP contribution in [0.3, 0.4) is 0 Å². The lowest BCUT2D eigenvalue weighted by Crippen LogP contribution is -2.10. The second-order valence-electron chi connectivity index (χ2n) is 7.67. The summed E-state index contributed by atoms with van der Waals surface area (Å²) >= 11 is 1.30. The molecule has 0 saturated heterocycles. The van der Waals surface area contributed by atoms with Crippen LogP contribution in [-0.4, -0.2) is 11.5 Å². The van der Waals surface area contributed by atoms with Gasteiger partial charge >= 0.3 is 6.18 Å². The van der Waals surface area contributed by atoms with Crippen molar-refractivity contribution in [1.29, 1.82) is 0 Å². The molecule has 0 amide bonds. The quantitative estimate of drug-likeness (QED) is 0.235. The monoisotopic (exact) mass is 440 g/mol. The summed E-state index contributed by atoms with van der Waals surface area (Å²) in [6.07, 6.45) is -2.17. The maximum atomic E-state index is 13.6. The van der Waals surface area contributed by atoms with Crippen molar-refractivity contribution in [3.8, 4) is 0 Å². The van der Waals surface area contributed by atoms with Gasteiger partial charge in [-0.3, -0.25) is 5.43 Å². The summed E-state index contributed by atoms with van der Waals surface area (Å²) < 4.78 is 40.8. The lowest BCUT2D eigenvalue weighted by Gasteiger charge is -2.18. The Kier molecular flexibility index (Phi) is 6.37. The van der Waals surface area contributed by atoms with Crippen molar-refractivity contribution in [2.24, 2.45) is 11.0 Å². The van der Waals surface area contributed by atoms with E-state index >= 15 is 0 Å². The molecule has 1 fully saturated rings. The molecule has 0 aliphatic heterocycles. The molecular formula is C25H23F3N2S. The van der Waals surface area contributed by atoms with Crippen molar-refractivity contribution in [3.63, 3.8) is 0 Å². The number of thioether (sulfide) groups is 1. The fraction of sp³-hybridized carbons (Fsp3) is 0.240. The molecule has 4 rings (SSSR count). The Balaban J connectivity index is 1.69. The van der Waals surface area contributed by atoms with E-state index in [1.807, 2.05) is 60.7 Å². The highest BCUT2D eigenvalue weighted by Gasteiger charge is 2.35. The summed E-state index contributed by atoms with van der Waals surface area (Å²) in [5, 5.41) is 4.61. The van der Waals surface area contributed by atoms with Gasteiger partial charge in [0, 0.05) is 21.8 Å². The van der Waals surface area contributed by atoms with Gasteiger partial charge < -0.3 is 0 Å². The highest BCUT2D eigenvalue weighted by molar-refractivity contribution is 7.99. The number of hydrogen-bond donors (Lipinski definition) is 1. The smallest absolute Gasteiger partial charge is 0.278 e. The second kappa shape index (κ2) is 9.18. The molecule has 1 aliphatic rings. The average Bonchev–Trinajstić information content (AvgIpc) is 3.59. The van der Waals surface area contributed by atoms with Gasteiger partial charge in [-0.1, -0.05) is 60.7 Å². The Morgan fingerprint density at radius 3 is 2.03 bits per heavy atom. The van der Waals surface area contributed by atoms with Crippen LogP contribution in [0.2, 0.25) is 0 Å². The molecule has 0 radical (unpaired) electrons. The Hall–Kier alpha value is -2.73. The van der Waals surface area contributed by atoms with E-state index in [0.29, 0.717) is 22.1 Å². The SMILES string of the molecule is Cc1c(NN=C(c2ccccc2)c2ccccc2)ccc(C(F)(F)F)c1SCC1CC1. The number of rotatable bonds is 7. The van der Waals surface area contributed by atoms with Crippen LogP contribution in [0, 0.1) is 12.8 Å². The molecule has 160 valence electrons. The summed E-state index contributed by atoms with van der Waals surface area (Å²) in [6, 6.07) is 22.1. The number of nitrogens with zero attached hydrogens (tertiary/aromatic N) is 1. The summed E-state index contributed by atoms with van der Waals surface area (Å²) in [7, 11) is 0. The number of anilines is 1. The lowest BCUT2D eigenvalue weighted by molar-refractivity contribution is -0.139. The van der Waals surface area contributed by atoms with Crippen LogP contribution in [0.5, 0.6) is 0 Å². The van der Waals surface area contributed by atoms with Crippen molar-refractivity contribution in [2.45, 2.75) is 30.8 Å². The van der Waals surface area contributed by atoms with Gasteiger partial charge in [0.15, 0.2) is 0 Å². The average molecular weight is 441 g/mol. The molecule has 0 unspecified atom stereocenters. The van der Waals surface area contributed by atoms with Crippen LogP contribution in [0.4, 0.5) is 18.9 Å². The zero-order valence-electron chi connectivity index (χ0n) is 17.1. The highest BCUT2D eigenvalue weighted by Crippen LogP contribution is 2.43.